The van der Waals surface area contributed by atoms with Crippen LogP contribution in [0.25, 0.3) is 0 Å². The summed E-state index contributed by atoms with van der Waals surface area (Å²) in [5, 5.41) is 2.78. The molecule has 0 heterocycles. The molecule has 0 aliphatic rings. The molecule has 1 amide bonds. The molecule has 0 fully saturated rings. The van der Waals surface area contributed by atoms with Crippen LogP contribution in [0.3, 0.4) is 0 Å². The van der Waals surface area contributed by atoms with Gasteiger partial charge in [-0.25, -0.2) is 8.42 Å². The van der Waals surface area contributed by atoms with Gasteiger partial charge in [0.25, 0.3) is 10.0 Å². The van der Waals surface area contributed by atoms with Gasteiger partial charge in [0.1, 0.15) is 6.54 Å². The summed E-state index contributed by atoms with van der Waals surface area (Å²) in [6.45, 7) is 8.37. The van der Waals surface area contributed by atoms with E-state index in [9.17, 15) is 13.2 Å². The molecule has 0 radical (unpaired) electrons. The van der Waals surface area contributed by atoms with Crippen molar-refractivity contribution in [2.45, 2.75) is 45.1 Å². The van der Waals surface area contributed by atoms with Gasteiger partial charge in [-0.2, -0.15) is 0 Å². The molecule has 2 aromatic carbocycles. The molecule has 0 bridgehead atoms. The third-order valence-corrected chi connectivity index (χ3v) is 6.07. The standard InChI is InChI=1S/C22H30N2O4S/c1-17(2)28-14-6-13-23-22(25)16-24(20-8-5-7-19(4)15-20)29(26,27)21-11-9-18(3)10-12-21/h5,7-12,15,17H,6,13-14,16H2,1-4H3,(H,23,25). The predicted octanol–water partition coefficient (Wildman–Crippen LogP) is 3.43. The van der Waals surface area contributed by atoms with Crippen LogP contribution in [0.15, 0.2) is 53.4 Å². The maximum Gasteiger partial charge on any atom is 0.264 e. The molecule has 0 aliphatic carbocycles. The largest absolute Gasteiger partial charge is 0.379 e. The summed E-state index contributed by atoms with van der Waals surface area (Å²) in [4.78, 5) is 12.6. The van der Waals surface area contributed by atoms with E-state index < -0.39 is 10.0 Å². The number of hydrogen-bond acceptors (Lipinski definition) is 4. The molecule has 0 saturated heterocycles. The predicted molar refractivity (Wildman–Crippen MR) is 116 cm³/mol. The van der Waals surface area contributed by atoms with Gasteiger partial charge < -0.3 is 10.1 Å². The Hall–Kier alpha value is -2.38. The van der Waals surface area contributed by atoms with E-state index >= 15 is 0 Å². The third-order valence-electron chi connectivity index (χ3n) is 4.28. The number of sulfonamides is 1. The molecule has 29 heavy (non-hydrogen) atoms. The number of carbonyl (C=O) groups is 1. The second kappa shape index (κ2) is 10.4. The van der Waals surface area contributed by atoms with Crippen LogP contribution in [0.5, 0.6) is 0 Å². The van der Waals surface area contributed by atoms with Gasteiger partial charge in [-0.05, 0) is 63.9 Å². The van der Waals surface area contributed by atoms with E-state index in [4.69, 9.17) is 4.74 Å². The molecule has 0 spiro atoms. The molecule has 158 valence electrons. The highest BCUT2D eigenvalue weighted by Gasteiger charge is 2.27. The van der Waals surface area contributed by atoms with Gasteiger partial charge >= 0.3 is 0 Å². The number of ether oxygens (including phenoxy) is 1. The Morgan fingerprint density at radius 1 is 1.07 bits per heavy atom. The summed E-state index contributed by atoms with van der Waals surface area (Å²) in [7, 11) is -3.88. The van der Waals surface area contributed by atoms with Crippen molar-refractivity contribution in [3.8, 4) is 0 Å². The first-order chi connectivity index (χ1) is 13.7. The molecule has 0 aliphatic heterocycles. The van der Waals surface area contributed by atoms with Crippen LogP contribution in [-0.4, -0.2) is 40.1 Å². The zero-order valence-corrected chi connectivity index (χ0v) is 18.3. The van der Waals surface area contributed by atoms with Crippen LogP contribution in [0.1, 0.15) is 31.4 Å². The van der Waals surface area contributed by atoms with Crippen LogP contribution in [0.2, 0.25) is 0 Å². The van der Waals surface area contributed by atoms with Gasteiger partial charge in [0.05, 0.1) is 16.7 Å². The van der Waals surface area contributed by atoms with E-state index in [2.05, 4.69) is 5.32 Å². The Morgan fingerprint density at radius 2 is 1.76 bits per heavy atom. The molecule has 0 aromatic heterocycles. The Labute approximate surface area is 173 Å². The molecule has 6 nitrogen and oxygen atoms in total. The van der Waals surface area contributed by atoms with Crippen LogP contribution in [0, 0.1) is 13.8 Å². The Morgan fingerprint density at radius 3 is 2.38 bits per heavy atom. The van der Waals surface area contributed by atoms with Crippen molar-refractivity contribution in [3.63, 3.8) is 0 Å². The molecule has 7 heteroatoms. The molecule has 1 N–H and O–H groups in total. The van der Waals surface area contributed by atoms with Gasteiger partial charge in [0.15, 0.2) is 0 Å². The lowest BCUT2D eigenvalue weighted by Gasteiger charge is -2.24. The fourth-order valence-electron chi connectivity index (χ4n) is 2.74. The van der Waals surface area contributed by atoms with E-state index in [0.29, 0.717) is 25.3 Å². The normalized spacial score (nSPS) is 11.5. The summed E-state index contributed by atoms with van der Waals surface area (Å²) in [6.07, 6.45) is 0.807. The lowest BCUT2D eigenvalue weighted by molar-refractivity contribution is -0.119. The summed E-state index contributed by atoms with van der Waals surface area (Å²) in [5.74, 6) is -0.355. The summed E-state index contributed by atoms with van der Waals surface area (Å²) in [5.41, 5.74) is 2.34. The topological polar surface area (TPSA) is 75.7 Å². The molecular formula is C22H30N2O4S. The average Bonchev–Trinajstić information content (AvgIpc) is 2.66. The summed E-state index contributed by atoms with van der Waals surface area (Å²) in [6, 6.07) is 13.7. The fraction of sp³-hybridized carbons (Fsp3) is 0.409. The fourth-order valence-corrected chi connectivity index (χ4v) is 4.15. The molecular weight excluding hydrogens is 388 g/mol. The first kappa shape index (κ1) is 22.9. The highest BCUT2D eigenvalue weighted by atomic mass is 32.2. The zero-order chi connectivity index (χ0) is 21.4. The Balaban J connectivity index is 2.18. The Kier molecular flexibility index (Phi) is 8.22. The number of nitrogens with one attached hydrogen (secondary N) is 1. The van der Waals surface area contributed by atoms with Crippen molar-refractivity contribution in [1.29, 1.82) is 0 Å². The molecule has 0 atom stereocenters. The minimum Gasteiger partial charge on any atom is -0.379 e. The number of anilines is 1. The maximum atomic E-state index is 13.3. The Bertz CT molecular complexity index is 909. The van der Waals surface area contributed by atoms with E-state index in [1.165, 1.54) is 0 Å². The van der Waals surface area contributed by atoms with Gasteiger partial charge in [-0.3, -0.25) is 9.10 Å². The van der Waals surface area contributed by atoms with E-state index in [-0.39, 0.29) is 23.5 Å². The van der Waals surface area contributed by atoms with E-state index in [1.54, 1.807) is 42.5 Å². The number of benzene rings is 2. The van der Waals surface area contributed by atoms with E-state index in [1.807, 2.05) is 33.8 Å². The van der Waals surface area contributed by atoms with Crippen molar-refractivity contribution in [2.24, 2.45) is 0 Å². The van der Waals surface area contributed by atoms with Gasteiger partial charge in [0.2, 0.25) is 5.91 Å². The van der Waals surface area contributed by atoms with Crippen LogP contribution in [-0.2, 0) is 19.6 Å². The molecule has 2 aromatic rings. The smallest absolute Gasteiger partial charge is 0.264 e. The highest BCUT2D eigenvalue weighted by Crippen LogP contribution is 2.24. The molecule has 0 saturated carbocycles. The lowest BCUT2D eigenvalue weighted by Crippen LogP contribution is -2.41. The number of hydrogen-bond donors (Lipinski definition) is 1. The second-order valence-electron chi connectivity index (χ2n) is 7.29. The number of amides is 1. The highest BCUT2D eigenvalue weighted by molar-refractivity contribution is 7.92. The SMILES string of the molecule is Cc1ccc(S(=O)(=O)N(CC(=O)NCCCOC(C)C)c2cccc(C)c2)cc1. The molecule has 0 unspecified atom stereocenters. The second-order valence-corrected chi connectivity index (χ2v) is 9.15. The maximum absolute atomic E-state index is 13.3. The monoisotopic (exact) mass is 418 g/mol. The van der Waals surface area contributed by atoms with Crippen molar-refractivity contribution >= 4 is 21.6 Å². The third kappa shape index (κ3) is 6.87. The minimum absolute atomic E-state index is 0.141. The minimum atomic E-state index is -3.88. The number of rotatable bonds is 10. The van der Waals surface area contributed by atoms with E-state index in [0.717, 1.165) is 15.4 Å². The molecule has 2 rings (SSSR count). The van der Waals surface area contributed by atoms with Crippen LogP contribution < -0.4 is 9.62 Å². The number of aryl methyl sites for hydroxylation is 2. The van der Waals surface area contributed by atoms with Crippen molar-refractivity contribution in [1.82, 2.24) is 5.32 Å². The zero-order valence-electron chi connectivity index (χ0n) is 17.5. The van der Waals surface area contributed by atoms with Crippen molar-refractivity contribution < 1.29 is 17.9 Å². The first-order valence-corrected chi connectivity index (χ1v) is 11.2. The van der Waals surface area contributed by atoms with Gasteiger partial charge in [-0.15, -0.1) is 0 Å². The van der Waals surface area contributed by atoms with Gasteiger partial charge in [0, 0.05) is 13.2 Å². The quantitative estimate of drug-likeness (QED) is 0.600. The average molecular weight is 419 g/mol. The summed E-state index contributed by atoms with van der Waals surface area (Å²) >= 11 is 0. The number of nitrogens with zero attached hydrogens (tertiary/aromatic N) is 1. The van der Waals surface area contributed by atoms with Crippen molar-refractivity contribution in [2.75, 3.05) is 24.0 Å². The van der Waals surface area contributed by atoms with Gasteiger partial charge in [-0.1, -0.05) is 29.8 Å². The lowest BCUT2D eigenvalue weighted by atomic mass is 10.2. The first-order valence-electron chi connectivity index (χ1n) is 9.74. The van der Waals surface area contributed by atoms with Crippen LogP contribution in [0.4, 0.5) is 5.69 Å². The number of carbonyl (C=O) groups excluding carboxylic acids is 1. The van der Waals surface area contributed by atoms with Crippen LogP contribution >= 0.6 is 0 Å². The summed E-state index contributed by atoms with van der Waals surface area (Å²) < 4.78 is 33.1. The van der Waals surface area contributed by atoms with Crippen molar-refractivity contribution in [3.05, 3.63) is 59.7 Å².